The van der Waals surface area contributed by atoms with Gasteiger partial charge in [0.15, 0.2) is 0 Å². The van der Waals surface area contributed by atoms with Crippen LogP contribution in [-0.2, 0) is 10.9 Å². The first-order chi connectivity index (χ1) is 8.99. The van der Waals surface area contributed by atoms with Crippen LogP contribution in [0.1, 0.15) is 36.9 Å². The highest BCUT2D eigenvalue weighted by atomic mass is 19.4. The van der Waals surface area contributed by atoms with E-state index < -0.39 is 11.7 Å². The maximum absolute atomic E-state index is 12.6. The van der Waals surface area contributed by atoms with E-state index in [1.54, 1.807) is 6.07 Å². The van der Waals surface area contributed by atoms with Crippen LogP contribution in [0.4, 0.5) is 13.2 Å². The van der Waals surface area contributed by atoms with Crippen molar-refractivity contribution >= 4 is 0 Å². The molecule has 0 heterocycles. The Kier molecular flexibility index (Phi) is 6.27. The van der Waals surface area contributed by atoms with E-state index in [9.17, 15) is 13.2 Å². The van der Waals surface area contributed by atoms with Gasteiger partial charge in [0.25, 0.3) is 0 Å². The van der Waals surface area contributed by atoms with Crippen LogP contribution in [0, 0.1) is 0 Å². The Morgan fingerprint density at radius 3 is 2.68 bits per heavy atom. The third-order valence-electron chi connectivity index (χ3n) is 2.80. The predicted octanol–water partition coefficient (Wildman–Crippen LogP) is 3.03. The third-order valence-corrected chi connectivity index (χ3v) is 2.80. The number of benzene rings is 1. The Morgan fingerprint density at radius 2 is 2.11 bits per heavy atom. The normalized spacial score (nSPS) is 13.5. The summed E-state index contributed by atoms with van der Waals surface area (Å²) in [6.45, 7) is 3.10. The van der Waals surface area contributed by atoms with Gasteiger partial charge >= 0.3 is 6.18 Å². The van der Waals surface area contributed by atoms with Gasteiger partial charge in [-0.25, -0.2) is 0 Å². The second-order valence-corrected chi connectivity index (χ2v) is 4.18. The lowest BCUT2D eigenvalue weighted by Crippen LogP contribution is -2.28. The fourth-order valence-electron chi connectivity index (χ4n) is 1.81. The maximum Gasteiger partial charge on any atom is 0.416 e. The van der Waals surface area contributed by atoms with Crippen LogP contribution in [-0.4, -0.2) is 13.2 Å². The molecule has 1 aromatic rings. The van der Waals surface area contributed by atoms with Crippen LogP contribution in [0.25, 0.3) is 0 Å². The maximum atomic E-state index is 12.6. The molecule has 0 aliphatic carbocycles. The fraction of sp³-hybridized carbons (Fsp3) is 0.538. The van der Waals surface area contributed by atoms with Gasteiger partial charge < -0.3 is 4.74 Å². The van der Waals surface area contributed by atoms with Crippen LogP contribution < -0.4 is 11.3 Å². The zero-order valence-electron chi connectivity index (χ0n) is 10.8. The van der Waals surface area contributed by atoms with Gasteiger partial charge in [-0.05, 0) is 37.5 Å². The molecule has 0 fully saturated rings. The van der Waals surface area contributed by atoms with E-state index in [4.69, 9.17) is 10.6 Å². The van der Waals surface area contributed by atoms with E-state index in [0.717, 1.165) is 18.6 Å². The lowest BCUT2D eigenvalue weighted by molar-refractivity contribution is -0.137. The van der Waals surface area contributed by atoms with Crippen LogP contribution in [0.3, 0.4) is 0 Å². The third kappa shape index (κ3) is 5.18. The van der Waals surface area contributed by atoms with Gasteiger partial charge in [-0.3, -0.25) is 11.3 Å². The summed E-state index contributed by atoms with van der Waals surface area (Å²) in [7, 11) is 0. The molecule has 0 saturated heterocycles. The molecule has 6 heteroatoms. The van der Waals surface area contributed by atoms with Gasteiger partial charge in [0.2, 0.25) is 0 Å². The molecule has 0 aliphatic rings. The molecule has 0 aromatic heterocycles. The molecule has 0 amide bonds. The van der Waals surface area contributed by atoms with Crippen molar-refractivity contribution in [3.05, 3.63) is 35.4 Å². The molecule has 3 N–H and O–H groups in total. The number of hydrazine groups is 1. The fourth-order valence-corrected chi connectivity index (χ4v) is 1.81. The van der Waals surface area contributed by atoms with Crippen LogP contribution in [0.15, 0.2) is 24.3 Å². The van der Waals surface area contributed by atoms with Crippen molar-refractivity contribution in [1.29, 1.82) is 0 Å². The number of rotatable bonds is 7. The van der Waals surface area contributed by atoms with E-state index in [0.29, 0.717) is 25.2 Å². The standard InChI is InChI=1S/C13H19F3N2O/c1-2-19-8-4-7-12(18-17)10-5-3-6-11(9-10)13(14,15)16/h3,5-6,9,12,18H,2,4,7-8,17H2,1H3. The van der Waals surface area contributed by atoms with Gasteiger partial charge in [-0.15, -0.1) is 0 Å². The Hall–Kier alpha value is -1.11. The molecular weight excluding hydrogens is 257 g/mol. The predicted molar refractivity (Wildman–Crippen MR) is 67.2 cm³/mol. The molecular formula is C13H19F3N2O. The lowest BCUT2D eigenvalue weighted by atomic mass is 10.0. The quantitative estimate of drug-likeness (QED) is 0.457. The molecule has 0 saturated carbocycles. The molecule has 1 unspecified atom stereocenters. The minimum absolute atomic E-state index is 0.303. The average Bonchev–Trinajstić information content (AvgIpc) is 2.38. The second kappa shape index (κ2) is 7.47. The Morgan fingerprint density at radius 1 is 1.37 bits per heavy atom. The SMILES string of the molecule is CCOCCCC(NN)c1cccc(C(F)(F)F)c1. The topological polar surface area (TPSA) is 47.3 Å². The second-order valence-electron chi connectivity index (χ2n) is 4.18. The summed E-state index contributed by atoms with van der Waals surface area (Å²) >= 11 is 0. The van der Waals surface area contributed by atoms with Crippen LogP contribution in [0.5, 0.6) is 0 Å². The number of nitrogens with two attached hydrogens (primary N) is 1. The molecule has 1 aromatic carbocycles. The summed E-state index contributed by atoms with van der Waals surface area (Å²) in [5.41, 5.74) is 2.43. The number of alkyl halides is 3. The highest BCUT2D eigenvalue weighted by Crippen LogP contribution is 2.31. The smallest absolute Gasteiger partial charge is 0.382 e. The van der Waals surface area contributed by atoms with Crippen molar-refractivity contribution in [1.82, 2.24) is 5.43 Å². The van der Waals surface area contributed by atoms with E-state index in [-0.39, 0.29) is 6.04 Å². The minimum Gasteiger partial charge on any atom is -0.382 e. The monoisotopic (exact) mass is 276 g/mol. The number of halogens is 3. The molecule has 0 bridgehead atoms. The molecule has 108 valence electrons. The van der Waals surface area contributed by atoms with Crippen molar-refractivity contribution in [3.63, 3.8) is 0 Å². The van der Waals surface area contributed by atoms with Crippen LogP contribution in [0.2, 0.25) is 0 Å². The summed E-state index contributed by atoms with van der Waals surface area (Å²) in [5, 5.41) is 0. The van der Waals surface area contributed by atoms with Crippen molar-refractivity contribution in [2.45, 2.75) is 32.0 Å². The van der Waals surface area contributed by atoms with Crippen molar-refractivity contribution in [3.8, 4) is 0 Å². The first kappa shape index (κ1) is 15.9. The number of ether oxygens (including phenoxy) is 1. The molecule has 3 nitrogen and oxygen atoms in total. The zero-order valence-corrected chi connectivity index (χ0v) is 10.8. The summed E-state index contributed by atoms with van der Waals surface area (Å²) in [6.07, 6.45) is -2.97. The molecule has 0 aliphatic heterocycles. The molecule has 0 spiro atoms. The molecule has 19 heavy (non-hydrogen) atoms. The first-order valence-electron chi connectivity index (χ1n) is 6.20. The van der Waals surface area contributed by atoms with Gasteiger partial charge in [0.05, 0.1) is 5.56 Å². The van der Waals surface area contributed by atoms with Gasteiger partial charge in [0, 0.05) is 19.3 Å². The van der Waals surface area contributed by atoms with Crippen LogP contribution >= 0.6 is 0 Å². The Balaban J connectivity index is 2.70. The van der Waals surface area contributed by atoms with Crippen molar-refractivity contribution in [2.75, 3.05) is 13.2 Å². The number of hydrogen-bond donors (Lipinski definition) is 2. The van der Waals surface area contributed by atoms with Gasteiger partial charge in [-0.2, -0.15) is 13.2 Å². The molecule has 0 radical (unpaired) electrons. The highest BCUT2D eigenvalue weighted by Gasteiger charge is 2.30. The number of hydrogen-bond acceptors (Lipinski definition) is 3. The summed E-state index contributed by atoms with van der Waals surface area (Å²) in [4.78, 5) is 0. The number of nitrogens with one attached hydrogen (secondary N) is 1. The van der Waals surface area contributed by atoms with E-state index in [2.05, 4.69) is 5.43 Å². The Bertz CT molecular complexity index is 382. The summed E-state index contributed by atoms with van der Waals surface area (Å²) < 4.78 is 43.0. The average molecular weight is 276 g/mol. The lowest BCUT2D eigenvalue weighted by Gasteiger charge is -2.17. The highest BCUT2D eigenvalue weighted by molar-refractivity contribution is 5.27. The largest absolute Gasteiger partial charge is 0.416 e. The molecule has 1 rings (SSSR count). The van der Waals surface area contributed by atoms with E-state index >= 15 is 0 Å². The zero-order chi connectivity index (χ0) is 14.3. The van der Waals surface area contributed by atoms with Gasteiger partial charge in [-0.1, -0.05) is 12.1 Å². The summed E-state index contributed by atoms with van der Waals surface area (Å²) in [6, 6.07) is 4.91. The summed E-state index contributed by atoms with van der Waals surface area (Å²) in [5.74, 6) is 5.41. The molecule has 1 atom stereocenters. The van der Waals surface area contributed by atoms with Crippen molar-refractivity contribution in [2.24, 2.45) is 5.84 Å². The van der Waals surface area contributed by atoms with Crippen molar-refractivity contribution < 1.29 is 17.9 Å². The van der Waals surface area contributed by atoms with E-state index in [1.807, 2.05) is 6.92 Å². The van der Waals surface area contributed by atoms with Gasteiger partial charge in [0.1, 0.15) is 0 Å². The first-order valence-corrected chi connectivity index (χ1v) is 6.20. The Labute approximate surface area is 110 Å². The minimum atomic E-state index is -4.33. The van der Waals surface area contributed by atoms with E-state index in [1.165, 1.54) is 6.07 Å².